The Morgan fingerprint density at radius 1 is 1.26 bits per heavy atom. The minimum atomic E-state index is -4.36. The second-order valence-electron chi connectivity index (χ2n) is 3.99. The third-order valence-electron chi connectivity index (χ3n) is 2.73. The number of H-pyrrole nitrogens is 1. The van der Waals surface area contributed by atoms with Crippen molar-refractivity contribution < 1.29 is 17.9 Å². The number of aromatic nitrogens is 3. The Kier molecular flexibility index (Phi) is 3.73. The fraction of sp³-hybridized carbons (Fsp3) is 0.333. The van der Waals surface area contributed by atoms with Crippen LogP contribution in [0.25, 0.3) is 0 Å². The number of hydrogen-bond donors (Lipinski definition) is 1. The lowest BCUT2D eigenvalue weighted by Gasteiger charge is -2.12. The molecule has 0 radical (unpaired) electrons. The van der Waals surface area contributed by atoms with E-state index in [4.69, 9.17) is 4.74 Å². The van der Waals surface area contributed by atoms with Crippen LogP contribution in [0.15, 0.2) is 24.4 Å². The van der Waals surface area contributed by atoms with Gasteiger partial charge in [-0.05, 0) is 30.5 Å². The van der Waals surface area contributed by atoms with Crippen molar-refractivity contribution in [3.05, 3.63) is 41.2 Å². The van der Waals surface area contributed by atoms with Gasteiger partial charge in [0.05, 0.1) is 24.6 Å². The third kappa shape index (κ3) is 3.24. The number of methoxy groups -OCH3 is 1. The van der Waals surface area contributed by atoms with Gasteiger partial charge in [0, 0.05) is 0 Å². The summed E-state index contributed by atoms with van der Waals surface area (Å²) in [5.41, 5.74) is 0.745. The van der Waals surface area contributed by atoms with E-state index in [-0.39, 0.29) is 5.75 Å². The van der Waals surface area contributed by atoms with Gasteiger partial charge in [-0.15, -0.1) is 0 Å². The quantitative estimate of drug-likeness (QED) is 0.930. The lowest BCUT2D eigenvalue weighted by molar-refractivity contribution is -0.137. The highest BCUT2D eigenvalue weighted by atomic mass is 19.4. The molecular weight excluding hydrogens is 259 g/mol. The van der Waals surface area contributed by atoms with E-state index in [0.29, 0.717) is 18.4 Å². The van der Waals surface area contributed by atoms with Crippen LogP contribution in [0.3, 0.4) is 0 Å². The van der Waals surface area contributed by atoms with E-state index >= 15 is 0 Å². The molecule has 1 heterocycles. The molecule has 2 rings (SSSR count). The molecule has 0 unspecified atom stereocenters. The Labute approximate surface area is 107 Å². The highest BCUT2D eigenvalue weighted by molar-refractivity contribution is 5.39. The summed E-state index contributed by atoms with van der Waals surface area (Å²) in [5, 5.41) is 10.0. The minimum absolute atomic E-state index is 0.235. The van der Waals surface area contributed by atoms with Crippen LogP contribution in [0.5, 0.6) is 5.75 Å². The highest BCUT2D eigenvalue weighted by Crippen LogP contribution is 2.33. The van der Waals surface area contributed by atoms with E-state index in [2.05, 4.69) is 15.4 Å². The molecule has 0 spiro atoms. The Hall–Kier alpha value is -2.05. The topological polar surface area (TPSA) is 50.8 Å². The fourth-order valence-corrected chi connectivity index (χ4v) is 1.74. The molecule has 0 bridgehead atoms. The predicted octanol–water partition coefficient (Wildman–Crippen LogP) is 2.62. The molecule has 102 valence electrons. The van der Waals surface area contributed by atoms with Crippen LogP contribution in [0.4, 0.5) is 13.2 Å². The minimum Gasteiger partial charge on any atom is -0.496 e. The number of aromatic amines is 1. The van der Waals surface area contributed by atoms with Gasteiger partial charge in [0.15, 0.2) is 0 Å². The number of hydrogen-bond acceptors (Lipinski definition) is 3. The SMILES string of the molecule is COc1cc(C(F)(F)F)ccc1CCc1cn[nH]n1. The summed E-state index contributed by atoms with van der Waals surface area (Å²) in [6.07, 6.45) is -1.67. The van der Waals surface area contributed by atoms with Crippen molar-refractivity contribution in [3.63, 3.8) is 0 Å². The van der Waals surface area contributed by atoms with E-state index in [0.717, 1.165) is 17.8 Å². The first kappa shape index (κ1) is 13.4. The maximum atomic E-state index is 12.6. The van der Waals surface area contributed by atoms with Crippen molar-refractivity contribution in [1.29, 1.82) is 0 Å². The summed E-state index contributed by atoms with van der Waals surface area (Å²) in [5.74, 6) is 0.235. The first-order valence-electron chi connectivity index (χ1n) is 5.59. The monoisotopic (exact) mass is 271 g/mol. The molecule has 0 aliphatic rings. The summed E-state index contributed by atoms with van der Waals surface area (Å²) in [4.78, 5) is 0. The summed E-state index contributed by atoms with van der Waals surface area (Å²) >= 11 is 0. The maximum absolute atomic E-state index is 12.6. The predicted molar refractivity (Wildman–Crippen MR) is 61.8 cm³/mol. The molecule has 0 aliphatic carbocycles. The fourth-order valence-electron chi connectivity index (χ4n) is 1.74. The molecule has 0 fully saturated rings. The van der Waals surface area contributed by atoms with E-state index < -0.39 is 11.7 Å². The molecule has 7 heteroatoms. The molecule has 1 aromatic carbocycles. The highest BCUT2D eigenvalue weighted by Gasteiger charge is 2.31. The van der Waals surface area contributed by atoms with Crippen LogP contribution in [0, 0.1) is 0 Å². The molecule has 0 amide bonds. The lowest BCUT2D eigenvalue weighted by Crippen LogP contribution is -2.06. The number of rotatable bonds is 4. The van der Waals surface area contributed by atoms with Crippen molar-refractivity contribution in [1.82, 2.24) is 15.4 Å². The van der Waals surface area contributed by atoms with Crippen molar-refractivity contribution >= 4 is 0 Å². The first-order valence-corrected chi connectivity index (χ1v) is 5.59. The van der Waals surface area contributed by atoms with Gasteiger partial charge < -0.3 is 4.74 Å². The van der Waals surface area contributed by atoms with Gasteiger partial charge in [-0.1, -0.05) is 6.07 Å². The molecule has 4 nitrogen and oxygen atoms in total. The number of alkyl halides is 3. The van der Waals surface area contributed by atoms with Crippen LogP contribution in [-0.4, -0.2) is 22.5 Å². The smallest absolute Gasteiger partial charge is 0.416 e. The number of halogens is 3. The maximum Gasteiger partial charge on any atom is 0.416 e. The number of ether oxygens (including phenoxy) is 1. The Morgan fingerprint density at radius 3 is 2.63 bits per heavy atom. The zero-order valence-electron chi connectivity index (χ0n) is 10.2. The Balaban J connectivity index is 2.16. The molecule has 1 N–H and O–H groups in total. The molecule has 0 saturated carbocycles. The zero-order chi connectivity index (χ0) is 13.9. The van der Waals surface area contributed by atoms with E-state index in [1.54, 1.807) is 6.20 Å². The lowest BCUT2D eigenvalue weighted by atomic mass is 10.0. The van der Waals surface area contributed by atoms with Crippen LogP contribution < -0.4 is 4.74 Å². The Bertz CT molecular complexity index is 538. The van der Waals surface area contributed by atoms with Gasteiger partial charge in [-0.25, -0.2) is 0 Å². The second kappa shape index (κ2) is 5.29. The standard InChI is InChI=1S/C12H12F3N3O/c1-19-11-6-9(12(13,14)15)4-2-8(11)3-5-10-7-16-18-17-10/h2,4,6-7H,3,5H2,1H3,(H,16,17,18). The van der Waals surface area contributed by atoms with Gasteiger partial charge in [-0.3, -0.25) is 0 Å². The number of nitrogens with zero attached hydrogens (tertiary/aromatic N) is 2. The third-order valence-corrected chi connectivity index (χ3v) is 2.73. The van der Waals surface area contributed by atoms with Gasteiger partial charge >= 0.3 is 6.18 Å². The van der Waals surface area contributed by atoms with Gasteiger partial charge in [0.2, 0.25) is 0 Å². The van der Waals surface area contributed by atoms with Gasteiger partial charge in [0.25, 0.3) is 0 Å². The average molecular weight is 271 g/mol. The first-order chi connectivity index (χ1) is 9.00. The normalized spacial score (nSPS) is 11.6. The molecule has 0 saturated heterocycles. The molecule has 2 aromatic rings. The largest absolute Gasteiger partial charge is 0.496 e. The summed E-state index contributed by atoms with van der Waals surface area (Å²) in [7, 11) is 1.36. The van der Waals surface area contributed by atoms with Gasteiger partial charge in [0.1, 0.15) is 5.75 Å². The van der Waals surface area contributed by atoms with Crippen molar-refractivity contribution in [3.8, 4) is 5.75 Å². The summed E-state index contributed by atoms with van der Waals surface area (Å²) in [6.45, 7) is 0. The number of aryl methyl sites for hydroxylation is 2. The molecule has 19 heavy (non-hydrogen) atoms. The number of nitrogens with one attached hydrogen (secondary N) is 1. The average Bonchev–Trinajstić information content (AvgIpc) is 2.88. The summed E-state index contributed by atoms with van der Waals surface area (Å²) in [6, 6.07) is 3.50. The van der Waals surface area contributed by atoms with Crippen molar-refractivity contribution in [2.24, 2.45) is 0 Å². The van der Waals surface area contributed by atoms with Crippen LogP contribution in [0.2, 0.25) is 0 Å². The van der Waals surface area contributed by atoms with E-state index in [1.807, 2.05) is 0 Å². The van der Waals surface area contributed by atoms with E-state index in [9.17, 15) is 13.2 Å². The van der Waals surface area contributed by atoms with Crippen molar-refractivity contribution in [2.75, 3.05) is 7.11 Å². The number of benzene rings is 1. The van der Waals surface area contributed by atoms with Crippen LogP contribution in [-0.2, 0) is 19.0 Å². The molecule has 1 aromatic heterocycles. The second-order valence-corrected chi connectivity index (χ2v) is 3.99. The van der Waals surface area contributed by atoms with Crippen LogP contribution in [0.1, 0.15) is 16.8 Å². The molecule has 0 aliphatic heterocycles. The van der Waals surface area contributed by atoms with Gasteiger partial charge in [-0.2, -0.15) is 28.6 Å². The van der Waals surface area contributed by atoms with Crippen molar-refractivity contribution in [2.45, 2.75) is 19.0 Å². The zero-order valence-corrected chi connectivity index (χ0v) is 10.2. The molecule has 0 atom stereocenters. The van der Waals surface area contributed by atoms with E-state index in [1.165, 1.54) is 13.2 Å². The van der Waals surface area contributed by atoms with Crippen LogP contribution >= 0.6 is 0 Å². The molecular formula is C12H12F3N3O. The summed E-state index contributed by atoms with van der Waals surface area (Å²) < 4.78 is 42.7. The Morgan fingerprint density at radius 2 is 2.05 bits per heavy atom.